The number of hydrogen-bond acceptors (Lipinski definition) is 8. The average Bonchev–Trinajstić information content (AvgIpc) is 3.39. The number of aromatic nitrogens is 3. The van der Waals surface area contributed by atoms with Crippen molar-refractivity contribution in [1.29, 1.82) is 0 Å². The van der Waals surface area contributed by atoms with Crippen LogP contribution in [0.15, 0.2) is 79.0 Å². The smallest absolute Gasteiger partial charge is 0.399 e. The molecule has 2 atom stereocenters. The zero-order valence-corrected chi connectivity index (χ0v) is 26.9. The highest BCUT2D eigenvalue weighted by Crippen LogP contribution is 2.51. The number of ether oxygens (including phenoxy) is 1. The molecular formula is C36H37F3N4O5. The molecule has 252 valence electrons. The highest BCUT2D eigenvalue weighted by atomic mass is 19.4. The Bertz CT molecular complexity index is 1690. The maximum Gasteiger partial charge on any atom is 0.399 e. The van der Waals surface area contributed by atoms with Crippen LogP contribution in [0.4, 0.5) is 18.9 Å². The Balaban J connectivity index is 0.00000145. The summed E-state index contributed by atoms with van der Waals surface area (Å²) in [6, 6.07) is 22.1. The molecule has 2 unspecified atom stereocenters. The van der Waals surface area contributed by atoms with Gasteiger partial charge in [-0.1, -0.05) is 60.7 Å². The minimum atomic E-state index is -4.86. The molecule has 2 aliphatic rings. The van der Waals surface area contributed by atoms with Crippen molar-refractivity contribution in [1.82, 2.24) is 14.8 Å². The van der Waals surface area contributed by atoms with Crippen LogP contribution in [0.5, 0.6) is 5.88 Å². The molecule has 1 fully saturated rings. The standard InChI is InChI=1S/C35H37F3N4O3.CO2/c1-22(2)45-29-15-14-26(21-39-29)41-18-16-23(17-19-41)31-30-27(20-28(43)34(3,44)33(30)35(36,37)38)42(40-31)32(24-10-6-4-7-11-24)25-12-8-5-9-13-25;2-1-3/h4-15,21-23,32-33,44H,16-20H2,1-3H3;. The fourth-order valence-electron chi connectivity index (χ4n) is 6.79. The number of halogens is 3. The van der Waals surface area contributed by atoms with Crippen molar-refractivity contribution in [2.24, 2.45) is 0 Å². The van der Waals surface area contributed by atoms with Crippen molar-refractivity contribution in [2.45, 2.75) is 75.8 Å². The topological polar surface area (TPSA) is 115 Å². The molecule has 12 heteroatoms. The third kappa shape index (κ3) is 7.05. The molecule has 0 bridgehead atoms. The van der Waals surface area contributed by atoms with E-state index in [0.717, 1.165) is 23.7 Å². The Kier molecular flexibility index (Phi) is 10.2. The summed E-state index contributed by atoms with van der Waals surface area (Å²) < 4.78 is 52.0. The summed E-state index contributed by atoms with van der Waals surface area (Å²) in [5, 5.41) is 16.1. The quantitative estimate of drug-likeness (QED) is 0.256. The lowest BCUT2D eigenvalue weighted by atomic mass is 9.71. The Morgan fingerprint density at radius 1 is 0.958 bits per heavy atom. The van der Waals surface area contributed by atoms with Crippen LogP contribution < -0.4 is 9.64 Å². The molecule has 0 amide bonds. The second-order valence-electron chi connectivity index (χ2n) is 12.5. The molecule has 48 heavy (non-hydrogen) atoms. The number of fused-ring (bicyclic) bond motifs is 1. The molecule has 1 saturated heterocycles. The number of carbonyl (C=O) groups is 1. The fourth-order valence-corrected chi connectivity index (χ4v) is 6.79. The Morgan fingerprint density at radius 2 is 1.52 bits per heavy atom. The molecule has 2 aromatic carbocycles. The van der Waals surface area contributed by atoms with Gasteiger partial charge in [0.15, 0.2) is 5.78 Å². The molecule has 1 aliphatic carbocycles. The Hall–Kier alpha value is -4.80. The van der Waals surface area contributed by atoms with Gasteiger partial charge in [-0.3, -0.25) is 9.48 Å². The first kappa shape index (κ1) is 34.5. The number of alkyl halides is 3. The number of ketones is 1. The summed E-state index contributed by atoms with van der Waals surface area (Å²) >= 11 is 0. The van der Waals surface area contributed by atoms with E-state index in [-0.39, 0.29) is 35.9 Å². The number of anilines is 1. The second-order valence-corrected chi connectivity index (χ2v) is 12.5. The monoisotopic (exact) mass is 662 g/mol. The van der Waals surface area contributed by atoms with E-state index < -0.39 is 29.5 Å². The summed E-state index contributed by atoms with van der Waals surface area (Å²) in [4.78, 5) is 36.1. The number of Topliss-reactive ketones (excluding diaryl/α,β-unsaturated/α-hetero) is 1. The summed E-state index contributed by atoms with van der Waals surface area (Å²) in [5.74, 6) is -3.01. The molecule has 1 aliphatic heterocycles. The average molecular weight is 663 g/mol. The number of aliphatic hydroxyl groups is 1. The van der Waals surface area contributed by atoms with E-state index in [9.17, 15) is 23.1 Å². The number of piperidine rings is 1. The van der Waals surface area contributed by atoms with E-state index in [1.54, 1.807) is 10.9 Å². The van der Waals surface area contributed by atoms with Crippen molar-refractivity contribution >= 4 is 17.6 Å². The van der Waals surface area contributed by atoms with Gasteiger partial charge in [-0.15, -0.1) is 0 Å². The fraction of sp³-hybridized carbons (Fsp3) is 0.389. The largest absolute Gasteiger partial charge is 0.475 e. The molecule has 0 spiro atoms. The van der Waals surface area contributed by atoms with E-state index in [0.29, 0.717) is 37.5 Å². The molecule has 0 radical (unpaired) electrons. The van der Waals surface area contributed by atoms with Crippen molar-refractivity contribution in [2.75, 3.05) is 18.0 Å². The third-order valence-electron chi connectivity index (χ3n) is 8.95. The van der Waals surface area contributed by atoms with Crippen molar-refractivity contribution in [3.8, 4) is 5.88 Å². The normalized spacial score (nSPS) is 19.8. The van der Waals surface area contributed by atoms with Crippen LogP contribution in [0.1, 0.15) is 79.6 Å². The maximum atomic E-state index is 14.9. The van der Waals surface area contributed by atoms with E-state index >= 15 is 0 Å². The zero-order valence-electron chi connectivity index (χ0n) is 26.9. The molecule has 6 rings (SSSR count). The predicted molar refractivity (Wildman–Crippen MR) is 170 cm³/mol. The van der Waals surface area contributed by atoms with Gasteiger partial charge in [0, 0.05) is 30.6 Å². The summed E-state index contributed by atoms with van der Waals surface area (Å²) in [7, 11) is 0. The third-order valence-corrected chi connectivity index (χ3v) is 8.95. The van der Waals surface area contributed by atoms with Crippen LogP contribution in [0.2, 0.25) is 0 Å². The van der Waals surface area contributed by atoms with Crippen LogP contribution in [0.25, 0.3) is 0 Å². The van der Waals surface area contributed by atoms with E-state index in [4.69, 9.17) is 19.4 Å². The minimum Gasteiger partial charge on any atom is -0.475 e. The summed E-state index contributed by atoms with van der Waals surface area (Å²) in [6.45, 7) is 6.03. The van der Waals surface area contributed by atoms with Crippen LogP contribution in [-0.2, 0) is 20.8 Å². The molecule has 9 nitrogen and oxygen atoms in total. The van der Waals surface area contributed by atoms with Crippen LogP contribution in [0, 0.1) is 0 Å². The highest BCUT2D eigenvalue weighted by molar-refractivity contribution is 5.92. The van der Waals surface area contributed by atoms with Gasteiger partial charge >= 0.3 is 12.3 Å². The number of benzene rings is 2. The first-order chi connectivity index (χ1) is 22.9. The number of carbonyl (C=O) groups excluding carboxylic acids is 3. The molecule has 2 aromatic heterocycles. The lowest BCUT2D eigenvalue weighted by Crippen LogP contribution is -2.52. The summed E-state index contributed by atoms with van der Waals surface area (Å²) in [6.07, 6.45) is -2.09. The van der Waals surface area contributed by atoms with E-state index in [1.807, 2.05) is 86.6 Å². The Labute approximate surface area is 276 Å². The van der Waals surface area contributed by atoms with Crippen LogP contribution in [0.3, 0.4) is 0 Å². The molecule has 3 heterocycles. The maximum absolute atomic E-state index is 14.9. The highest BCUT2D eigenvalue weighted by Gasteiger charge is 2.60. The number of nitrogens with zero attached hydrogens (tertiary/aromatic N) is 4. The lowest BCUT2D eigenvalue weighted by molar-refractivity contribution is -0.198. The minimum absolute atomic E-state index is 0.00445. The first-order valence-corrected chi connectivity index (χ1v) is 15.8. The number of hydrogen-bond donors (Lipinski definition) is 1. The van der Waals surface area contributed by atoms with E-state index in [1.165, 1.54) is 0 Å². The van der Waals surface area contributed by atoms with Crippen LogP contribution >= 0.6 is 0 Å². The summed E-state index contributed by atoms with van der Waals surface area (Å²) in [5.41, 5.74) is 0.451. The van der Waals surface area contributed by atoms with Crippen LogP contribution in [-0.4, -0.2) is 62.8 Å². The molecule has 1 N–H and O–H groups in total. The predicted octanol–water partition coefficient (Wildman–Crippen LogP) is 6.03. The van der Waals surface area contributed by atoms with Crippen molar-refractivity contribution in [3.05, 3.63) is 107 Å². The SMILES string of the molecule is CC(C)Oc1ccc(N2CCC(c3nn(C(c4ccccc4)c4ccccc4)c4c3C(C(F)(F)F)C(C)(O)C(=O)C4)CC2)cn1.O=C=O. The van der Waals surface area contributed by atoms with Crippen molar-refractivity contribution in [3.63, 3.8) is 0 Å². The molecule has 4 aromatic rings. The number of pyridine rings is 1. The number of rotatable bonds is 7. The van der Waals surface area contributed by atoms with Gasteiger partial charge in [-0.05, 0) is 50.8 Å². The van der Waals surface area contributed by atoms with Gasteiger partial charge < -0.3 is 14.7 Å². The van der Waals surface area contributed by atoms with Gasteiger partial charge in [0.25, 0.3) is 0 Å². The zero-order chi connectivity index (χ0) is 34.6. The lowest BCUT2D eigenvalue weighted by Gasteiger charge is -2.39. The van der Waals surface area contributed by atoms with Crippen molar-refractivity contribution < 1.29 is 37.4 Å². The van der Waals surface area contributed by atoms with Gasteiger partial charge in [0.05, 0.1) is 35.8 Å². The second kappa shape index (κ2) is 14.1. The van der Waals surface area contributed by atoms with Gasteiger partial charge in [-0.25, -0.2) is 4.98 Å². The first-order valence-electron chi connectivity index (χ1n) is 15.8. The van der Waals surface area contributed by atoms with Gasteiger partial charge in [0.2, 0.25) is 5.88 Å². The molecule has 0 saturated carbocycles. The van der Waals surface area contributed by atoms with Gasteiger partial charge in [-0.2, -0.15) is 27.9 Å². The van der Waals surface area contributed by atoms with E-state index in [2.05, 4.69) is 9.88 Å². The molecular weight excluding hydrogens is 625 g/mol. The Morgan fingerprint density at radius 3 is 2.00 bits per heavy atom. The van der Waals surface area contributed by atoms with Gasteiger partial charge in [0.1, 0.15) is 17.6 Å².